The molecule has 1 aliphatic rings. The second-order valence-corrected chi connectivity index (χ2v) is 6.77. The van der Waals surface area contributed by atoms with Crippen LogP contribution in [0.2, 0.25) is 0 Å². The molecule has 1 fully saturated rings. The van der Waals surface area contributed by atoms with Crippen LogP contribution in [0, 0.1) is 5.92 Å². The monoisotopic (exact) mass is 334 g/mol. The van der Waals surface area contributed by atoms with Gasteiger partial charge in [-0.25, -0.2) is 4.98 Å². The second-order valence-electron chi connectivity index (χ2n) is 6.77. The first-order valence-corrected chi connectivity index (χ1v) is 8.86. The fraction of sp³-hybridized carbons (Fsp3) is 0.350. The Hall–Kier alpha value is -2.69. The van der Waals surface area contributed by atoms with Gasteiger partial charge in [0.25, 0.3) is 0 Å². The summed E-state index contributed by atoms with van der Waals surface area (Å²) in [6, 6.07) is 12.0. The van der Waals surface area contributed by atoms with Gasteiger partial charge in [-0.05, 0) is 48.9 Å². The number of hydrogen-bond donors (Lipinski definition) is 0. The first kappa shape index (κ1) is 15.8. The minimum absolute atomic E-state index is 0.180. The number of piperidine rings is 1. The summed E-state index contributed by atoms with van der Waals surface area (Å²) in [5.41, 5.74) is 3.20. The van der Waals surface area contributed by atoms with Gasteiger partial charge in [0.05, 0.1) is 17.4 Å². The molecule has 0 N–H and O–H groups in total. The van der Waals surface area contributed by atoms with Crippen molar-refractivity contribution in [2.24, 2.45) is 5.92 Å². The summed E-state index contributed by atoms with van der Waals surface area (Å²) in [5.74, 6) is 0.695. The van der Waals surface area contributed by atoms with E-state index in [1.807, 2.05) is 46.0 Å². The van der Waals surface area contributed by atoms with Gasteiger partial charge in [0.1, 0.15) is 6.54 Å². The number of imidazole rings is 1. The molecule has 1 saturated heterocycles. The fourth-order valence-electron chi connectivity index (χ4n) is 3.69. The molecule has 1 aliphatic heterocycles. The molecule has 1 atom stereocenters. The summed E-state index contributed by atoms with van der Waals surface area (Å²) >= 11 is 0. The van der Waals surface area contributed by atoms with E-state index in [4.69, 9.17) is 0 Å². The normalized spacial score (nSPS) is 17.8. The lowest BCUT2D eigenvalue weighted by Crippen LogP contribution is -2.42. The highest BCUT2D eigenvalue weighted by molar-refractivity contribution is 5.80. The maximum Gasteiger partial charge on any atom is 0.242 e. The number of pyridine rings is 1. The number of para-hydroxylation sites is 2. The molecule has 0 saturated carbocycles. The predicted octanol–water partition coefficient (Wildman–Crippen LogP) is 2.91. The van der Waals surface area contributed by atoms with Crippen LogP contribution in [0.4, 0.5) is 0 Å². The number of nitrogens with zero attached hydrogens (tertiary/aromatic N) is 4. The third-order valence-electron chi connectivity index (χ3n) is 4.95. The Morgan fingerprint density at radius 2 is 2.12 bits per heavy atom. The Bertz CT molecular complexity index is 858. The molecule has 5 heteroatoms. The van der Waals surface area contributed by atoms with Gasteiger partial charge in [-0.2, -0.15) is 0 Å². The van der Waals surface area contributed by atoms with E-state index in [0.717, 1.165) is 37.0 Å². The number of fused-ring (bicyclic) bond motifs is 1. The third kappa shape index (κ3) is 3.55. The third-order valence-corrected chi connectivity index (χ3v) is 4.95. The Morgan fingerprint density at radius 3 is 3.00 bits per heavy atom. The van der Waals surface area contributed by atoms with Crippen molar-refractivity contribution in [2.45, 2.75) is 25.8 Å². The average Bonchev–Trinajstić information content (AvgIpc) is 3.06. The Morgan fingerprint density at radius 1 is 1.20 bits per heavy atom. The van der Waals surface area contributed by atoms with Gasteiger partial charge in [0.15, 0.2) is 0 Å². The van der Waals surface area contributed by atoms with Crippen molar-refractivity contribution in [1.82, 2.24) is 19.4 Å². The van der Waals surface area contributed by atoms with Crippen molar-refractivity contribution in [1.29, 1.82) is 0 Å². The first-order valence-electron chi connectivity index (χ1n) is 8.86. The molecular formula is C20H22N4O. The molecule has 5 nitrogen and oxygen atoms in total. The number of aromatic nitrogens is 3. The number of benzene rings is 1. The number of carbonyl (C=O) groups is 1. The molecule has 1 aromatic carbocycles. The summed E-state index contributed by atoms with van der Waals surface area (Å²) in [4.78, 5) is 23.4. The molecule has 0 unspecified atom stereocenters. The van der Waals surface area contributed by atoms with Crippen LogP contribution in [0.15, 0.2) is 55.1 Å². The predicted molar refractivity (Wildman–Crippen MR) is 97.0 cm³/mol. The molecule has 1 amide bonds. The topological polar surface area (TPSA) is 51.0 Å². The molecule has 4 rings (SSSR count). The highest BCUT2D eigenvalue weighted by Gasteiger charge is 2.24. The zero-order chi connectivity index (χ0) is 17.1. The number of hydrogen-bond acceptors (Lipinski definition) is 3. The van der Waals surface area contributed by atoms with E-state index < -0.39 is 0 Å². The van der Waals surface area contributed by atoms with Crippen LogP contribution >= 0.6 is 0 Å². The van der Waals surface area contributed by atoms with Crippen molar-refractivity contribution in [3.05, 3.63) is 60.7 Å². The van der Waals surface area contributed by atoms with E-state index in [2.05, 4.69) is 16.0 Å². The van der Waals surface area contributed by atoms with Gasteiger partial charge in [-0.15, -0.1) is 0 Å². The van der Waals surface area contributed by atoms with E-state index in [0.29, 0.717) is 12.5 Å². The summed E-state index contributed by atoms with van der Waals surface area (Å²) in [6.07, 6.45) is 8.73. The van der Waals surface area contributed by atoms with Crippen LogP contribution in [0.3, 0.4) is 0 Å². The summed E-state index contributed by atoms with van der Waals surface area (Å²) in [7, 11) is 0. The van der Waals surface area contributed by atoms with Gasteiger partial charge in [-0.3, -0.25) is 9.78 Å². The van der Waals surface area contributed by atoms with Gasteiger partial charge in [0.2, 0.25) is 5.91 Å². The van der Waals surface area contributed by atoms with E-state index in [1.165, 1.54) is 12.0 Å². The number of carbonyl (C=O) groups excluding carboxylic acids is 1. The minimum Gasteiger partial charge on any atom is -0.341 e. The first-order chi connectivity index (χ1) is 12.3. The van der Waals surface area contributed by atoms with Gasteiger partial charge in [-0.1, -0.05) is 18.2 Å². The van der Waals surface area contributed by atoms with Crippen molar-refractivity contribution in [3.63, 3.8) is 0 Å². The lowest BCUT2D eigenvalue weighted by molar-refractivity contribution is -0.133. The van der Waals surface area contributed by atoms with Crippen LogP contribution in [0.25, 0.3) is 11.0 Å². The molecule has 25 heavy (non-hydrogen) atoms. The van der Waals surface area contributed by atoms with Crippen LogP contribution in [-0.2, 0) is 17.8 Å². The summed E-state index contributed by atoms with van der Waals surface area (Å²) in [6.45, 7) is 2.05. The van der Waals surface area contributed by atoms with Crippen molar-refractivity contribution in [2.75, 3.05) is 13.1 Å². The molecular weight excluding hydrogens is 312 g/mol. The second kappa shape index (κ2) is 7.05. The zero-order valence-corrected chi connectivity index (χ0v) is 14.2. The van der Waals surface area contributed by atoms with Gasteiger partial charge >= 0.3 is 0 Å². The summed E-state index contributed by atoms with van der Waals surface area (Å²) in [5, 5.41) is 0. The van der Waals surface area contributed by atoms with Crippen molar-refractivity contribution < 1.29 is 4.79 Å². The van der Waals surface area contributed by atoms with Crippen LogP contribution < -0.4 is 0 Å². The lowest BCUT2D eigenvalue weighted by atomic mass is 9.92. The standard InChI is InChI=1S/C20H22N4O/c25-20(14-24-15-22-18-7-1-2-8-19(18)24)23-10-4-6-17(13-23)11-16-5-3-9-21-12-16/h1-3,5,7-9,12,15,17H,4,6,10-11,13-14H2/t17-/m1/s1. The Kier molecular flexibility index (Phi) is 4.46. The molecule has 0 spiro atoms. The van der Waals surface area contributed by atoms with E-state index in [1.54, 1.807) is 12.5 Å². The molecule has 0 aliphatic carbocycles. The zero-order valence-electron chi connectivity index (χ0n) is 14.2. The lowest BCUT2D eigenvalue weighted by Gasteiger charge is -2.33. The number of amides is 1. The molecule has 0 radical (unpaired) electrons. The van der Waals surface area contributed by atoms with Crippen LogP contribution in [0.5, 0.6) is 0 Å². The summed E-state index contributed by atoms with van der Waals surface area (Å²) < 4.78 is 1.95. The van der Waals surface area contributed by atoms with Gasteiger partial charge < -0.3 is 9.47 Å². The molecule has 128 valence electrons. The van der Waals surface area contributed by atoms with Crippen molar-refractivity contribution in [3.8, 4) is 0 Å². The molecule has 2 aromatic heterocycles. The van der Waals surface area contributed by atoms with E-state index >= 15 is 0 Å². The molecule has 0 bridgehead atoms. The Balaban J connectivity index is 1.41. The minimum atomic E-state index is 0.180. The number of likely N-dealkylation sites (tertiary alicyclic amines) is 1. The maximum atomic E-state index is 12.8. The van der Waals surface area contributed by atoms with Gasteiger partial charge in [0, 0.05) is 25.5 Å². The van der Waals surface area contributed by atoms with E-state index in [9.17, 15) is 4.79 Å². The largest absolute Gasteiger partial charge is 0.341 e. The van der Waals surface area contributed by atoms with E-state index in [-0.39, 0.29) is 5.91 Å². The average molecular weight is 334 g/mol. The highest BCUT2D eigenvalue weighted by Crippen LogP contribution is 2.21. The maximum absolute atomic E-state index is 12.8. The van der Waals surface area contributed by atoms with Crippen LogP contribution in [-0.4, -0.2) is 38.4 Å². The smallest absolute Gasteiger partial charge is 0.242 e. The van der Waals surface area contributed by atoms with Crippen molar-refractivity contribution >= 4 is 16.9 Å². The Labute approximate surface area is 147 Å². The van der Waals surface area contributed by atoms with Crippen LogP contribution in [0.1, 0.15) is 18.4 Å². The fourth-order valence-corrected chi connectivity index (χ4v) is 3.69. The quantitative estimate of drug-likeness (QED) is 0.737. The molecule has 3 aromatic rings. The number of rotatable bonds is 4. The highest BCUT2D eigenvalue weighted by atomic mass is 16.2. The molecule has 3 heterocycles. The SMILES string of the molecule is O=C(Cn1cnc2ccccc21)N1CCC[C@H](Cc2cccnc2)C1.